The zero-order chi connectivity index (χ0) is 8.20. The second-order valence-electron chi connectivity index (χ2n) is 1.72. The van der Waals surface area contributed by atoms with E-state index in [-0.39, 0.29) is 11.1 Å². The molecule has 0 unspecified atom stereocenters. The Bertz CT molecular complexity index is 200. The smallest absolute Gasteiger partial charge is 0.205 e. The van der Waals surface area contributed by atoms with Gasteiger partial charge in [0.25, 0.3) is 10.0 Å². The van der Waals surface area contributed by atoms with Crippen molar-refractivity contribution in [1.82, 2.24) is 4.53 Å². The van der Waals surface area contributed by atoms with Crippen LogP contribution in [0.15, 0.2) is 12.0 Å². The van der Waals surface area contributed by atoms with Crippen molar-refractivity contribution in [2.75, 3.05) is 6.54 Å². The third kappa shape index (κ3) is 2.45. The van der Waals surface area contributed by atoms with E-state index in [0.717, 1.165) is 0 Å². The summed E-state index contributed by atoms with van der Waals surface area (Å²) in [6, 6.07) is 0. The van der Waals surface area contributed by atoms with Gasteiger partial charge in [0.15, 0.2) is 0 Å². The Kier molecular flexibility index (Phi) is 3.52. The third-order valence-electron chi connectivity index (χ3n) is 0.886. The molecule has 0 rings (SSSR count). The molecule has 0 bridgehead atoms. The summed E-state index contributed by atoms with van der Waals surface area (Å²) in [4.78, 5) is 0. The quantitative estimate of drug-likeness (QED) is 0.587. The zero-order valence-electron chi connectivity index (χ0n) is 5.75. The van der Waals surface area contributed by atoms with Gasteiger partial charge in [0.05, 0.1) is 0 Å². The van der Waals surface area contributed by atoms with Crippen LogP contribution in [0.25, 0.3) is 0 Å². The molecule has 0 heterocycles. The summed E-state index contributed by atoms with van der Waals surface area (Å²) in [7, 11) is -3.83. The van der Waals surface area contributed by atoms with E-state index in [1.54, 1.807) is 6.92 Å². The molecular weight excluding hydrogens is 157 g/mol. The lowest BCUT2D eigenvalue weighted by atomic mass is 10.5. The van der Waals surface area contributed by atoms with Gasteiger partial charge < -0.3 is 0 Å². The van der Waals surface area contributed by atoms with Crippen molar-refractivity contribution in [3.63, 3.8) is 0 Å². The summed E-state index contributed by atoms with van der Waals surface area (Å²) in [6.45, 7) is 4.54. The van der Waals surface area contributed by atoms with Crippen molar-refractivity contribution in [3.8, 4) is 0 Å². The number of nitrogens with zero attached hydrogens (tertiary/aromatic N) is 1. The highest BCUT2D eigenvalue weighted by Crippen LogP contribution is 2.02. The molecule has 0 aromatic rings. The average molecular weight is 167 g/mol. The predicted molar refractivity (Wildman–Crippen MR) is 37.2 cm³/mol. The van der Waals surface area contributed by atoms with Gasteiger partial charge in [-0.05, 0) is 10.9 Å². The minimum absolute atomic E-state index is 0.117. The molecule has 0 radical (unpaired) electrons. The van der Waals surface area contributed by atoms with Crippen LogP contribution in [0.2, 0.25) is 0 Å². The highest BCUT2D eigenvalue weighted by Gasteiger charge is 2.15. The van der Waals surface area contributed by atoms with Crippen LogP contribution >= 0.6 is 0 Å². The van der Waals surface area contributed by atoms with E-state index in [4.69, 9.17) is 0 Å². The average Bonchev–Trinajstić information content (AvgIpc) is 1.89. The lowest BCUT2D eigenvalue weighted by molar-refractivity contribution is 0.141. The topological polar surface area (TPSA) is 37.4 Å². The number of rotatable bonds is 4. The molecule has 3 nitrogen and oxygen atoms in total. The molecule has 0 N–H and O–H groups in total. The van der Waals surface area contributed by atoms with Crippen molar-refractivity contribution in [3.05, 3.63) is 12.0 Å². The Balaban J connectivity index is 4.19. The lowest BCUT2D eigenvalue weighted by Crippen LogP contribution is -2.20. The fourth-order valence-electron chi connectivity index (χ4n) is 0.384. The third-order valence-corrected chi connectivity index (χ3v) is 2.04. The Morgan fingerprint density at radius 2 is 2.20 bits per heavy atom. The summed E-state index contributed by atoms with van der Waals surface area (Å²) in [5.41, 5.74) is 0. The molecule has 0 fully saturated rings. The van der Waals surface area contributed by atoms with Crippen LogP contribution in [0.1, 0.15) is 13.3 Å². The van der Waals surface area contributed by atoms with Gasteiger partial charge in [0, 0.05) is 12.0 Å². The van der Waals surface area contributed by atoms with Crippen molar-refractivity contribution < 1.29 is 12.9 Å². The molecule has 0 saturated heterocycles. The van der Waals surface area contributed by atoms with Gasteiger partial charge in [-0.15, -0.1) is 4.48 Å². The predicted octanol–water partition coefficient (Wildman–Crippen LogP) is 1.06. The van der Waals surface area contributed by atoms with Gasteiger partial charge in [0.2, 0.25) is 0 Å². The van der Waals surface area contributed by atoms with Crippen molar-refractivity contribution >= 4 is 10.0 Å². The van der Waals surface area contributed by atoms with E-state index in [9.17, 15) is 12.9 Å². The molecule has 0 amide bonds. The van der Waals surface area contributed by atoms with Crippen LogP contribution in [0.4, 0.5) is 4.48 Å². The number of halogens is 1. The van der Waals surface area contributed by atoms with E-state index in [1.807, 2.05) is 0 Å². The van der Waals surface area contributed by atoms with Crippen molar-refractivity contribution in [2.24, 2.45) is 0 Å². The Morgan fingerprint density at radius 3 is 2.50 bits per heavy atom. The van der Waals surface area contributed by atoms with Crippen LogP contribution < -0.4 is 0 Å². The maximum Gasteiger partial charge on any atom is 0.261 e. The molecule has 0 atom stereocenters. The standard InChI is InChI=1S/C5H10FNO2S/c1-3-5-7(6)10(8,9)4-2/h4H,2-3,5H2,1H3. The van der Waals surface area contributed by atoms with Gasteiger partial charge in [0.1, 0.15) is 0 Å². The first kappa shape index (κ1) is 9.58. The summed E-state index contributed by atoms with van der Waals surface area (Å²) in [6.07, 6.45) is 0.448. The van der Waals surface area contributed by atoms with E-state index in [2.05, 4.69) is 6.58 Å². The van der Waals surface area contributed by atoms with E-state index >= 15 is 0 Å². The summed E-state index contributed by atoms with van der Waals surface area (Å²) < 4.78 is 33.2. The van der Waals surface area contributed by atoms with E-state index < -0.39 is 10.0 Å². The number of hydrogen-bond acceptors (Lipinski definition) is 2. The van der Waals surface area contributed by atoms with Crippen LogP contribution in [-0.2, 0) is 10.0 Å². The molecule has 0 aliphatic carbocycles. The van der Waals surface area contributed by atoms with Gasteiger partial charge in [-0.2, -0.15) is 0 Å². The highest BCUT2D eigenvalue weighted by atomic mass is 32.2. The molecule has 0 aliphatic heterocycles. The fourth-order valence-corrected chi connectivity index (χ4v) is 0.983. The SMILES string of the molecule is C=CS(=O)(=O)N(F)CCC. The Hall–Kier alpha value is -0.420. The first-order chi connectivity index (χ1) is 4.54. The van der Waals surface area contributed by atoms with Gasteiger partial charge in [-0.3, -0.25) is 0 Å². The molecule has 60 valence electrons. The molecule has 0 saturated carbocycles. The van der Waals surface area contributed by atoms with Gasteiger partial charge in [-0.25, -0.2) is 8.42 Å². The monoisotopic (exact) mass is 167 g/mol. The van der Waals surface area contributed by atoms with Crippen molar-refractivity contribution in [1.29, 1.82) is 0 Å². The molecule has 0 aromatic carbocycles. The second kappa shape index (κ2) is 3.68. The fraction of sp³-hybridized carbons (Fsp3) is 0.600. The first-order valence-corrected chi connectivity index (χ1v) is 4.36. The molecule has 0 spiro atoms. The van der Waals surface area contributed by atoms with E-state index in [1.165, 1.54) is 0 Å². The Labute approximate surface area is 60.1 Å². The maximum absolute atomic E-state index is 12.4. The van der Waals surface area contributed by atoms with Gasteiger partial charge >= 0.3 is 0 Å². The lowest BCUT2D eigenvalue weighted by Gasteiger charge is -2.05. The van der Waals surface area contributed by atoms with Crippen LogP contribution in [0.3, 0.4) is 0 Å². The molecule has 5 heteroatoms. The second-order valence-corrected chi connectivity index (χ2v) is 3.48. The molecular formula is C5H10FNO2S. The summed E-state index contributed by atoms with van der Waals surface area (Å²) in [5, 5.41) is 0.586. The molecule has 0 aliphatic rings. The maximum atomic E-state index is 12.4. The van der Waals surface area contributed by atoms with Crippen LogP contribution in [-0.4, -0.2) is 19.5 Å². The number of sulfonamides is 1. The zero-order valence-corrected chi connectivity index (χ0v) is 6.57. The largest absolute Gasteiger partial charge is 0.261 e. The minimum atomic E-state index is -3.83. The van der Waals surface area contributed by atoms with Crippen molar-refractivity contribution in [2.45, 2.75) is 13.3 Å². The highest BCUT2D eigenvalue weighted by molar-refractivity contribution is 7.91. The molecule has 0 aromatic heterocycles. The first-order valence-electron chi connectivity index (χ1n) is 2.85. The molecule has 10 heavy (non-hydrogen) atoms. The van der Waals surface area contributed by atoms with E-state index in [0.29, 0.717) is 11.8 Å². The normalized spacial score (nSPS) is 11.9. The van der Waals surface area contributed by atoms with Crippen LogP contribution in [0.5, 0.6) is 0 Å². The Morgan fingerprint density at radius 1 is 1.70 bits per heavy atom. The van der Waals surface area contributed by atoms with Crippen LogP contribution in [0, 0.1) is 0 Å². The van der Waals surface area contributed by atoms with Gasteiger partial charge in [-0.1, -0.05) is 13.5 Å². The summed E-state index contributed by atoms with van der Waals surface area (Å²) in [5.74, 6) is 0. The summed E-state index contributed by atoms with van der Waals surface area (Å²) >= 11 is 0. The minimum Gasteiger partial charge on any atom is -0.205 e. The number of hydrogen-bond donors (Lipinski definition) is 0.